The summed E-state index contributed by atoms with van der Waals surface area (Å²) in [7, 11) is -3.43. The quantitative estimate of drug-likeness (QED) is 0.837. The normalized spacial score (nSPS) is 22.0. The van der Waals surface area contributed by atoms with Gasteiger partial charge in [0.15, 0.2) is 0 Å². The molecular weight excluding hydrogens is 252 g/mol. The van der Waals surface area contributed by atoms with Gasteiger partial charge in [0, 0.05) is 18.8 Å². The number of rotatable bonds is 3. The highest BCUT2D eigenvalue weighted by Gasteiger charge is 2.28. The molecule has 2 rings (SSSR count). The van der Waals surface area contributed by atoms with E-state index in [2.05, 4.69) is 14.9 Å². The summed E-state index contributed by atoms with van der Waals surface area (Å²) in [6, 6.07) is 1.92. The van der Waals surface area contributed by atoms with Crippen molar-refractivity contribution in [1.29, 1.82) is 0 Å². The lowest BCUT2D eigenvalue weighted by Gasteiger charge is -2.31. The Balaban J connectivity index is 2.02. The van der Waals surface area contributed by atoms with E-state index in [9.17, 15) is 8.42 Å². The number of hydrogen-bond acceptors (Lipinski definition) is 5. The van der Waals surface area contributed by atoms with Gasteiger partial charge in [-0.1, -0.05) is 0 Å². The molecule has 6 nitrogen and oxygen atoms in total. The Morgan fingerprint density at radius 3 is 2.94 bits per heavy atom. The van der Waals surface area contributed by atoms with E-state index in [-0.39, 0.29) is 0 Å². The van der Waals surface area contributed by atoms with Gasteiger partial charge < -0.3 is 0 Å². The Morgan fingerprint density at radius 2 is 2.28 bits per heavy atom. The molecule has 0 spiro atoms. The molecule has 1 atom stereocenters. The van der Waals surface area contributed by atoms with Crippen LogP contribution in [0.4, 0.5) is 0 Å². The molecule has 0 bridgehead atoms. The molecule has 1 saturated heterocycles. The van der Waals surface area contributed by atoms with Crippen molar-refractivity contribution in [3.05, 3.63) is 23.8 Å². The highest BCUT2D eigenvalue weighted by atomic mass is 32.2. The molecule has 0 amide bonds. The van der Waals surface area contributed by atoms with Crippen LogP contribution < -0.4 is 5.14 Å². The van der Waals surface area contributed by atoms with Gasteiger partial charge in [0.1, 0.15) is 6.33 Å². The highest BCUT2D eigenvalue weighted by molar-refractivity contribution is 7.89. The van der Waals surface area contributed by atoms with Crippen LogP contribution in [0.3, 0.4) is 0 Å². The summed E-state index contributed by atoms with van der Waals surface area (Å²) in [5.41, 5.74) is 1.83. The predicted octanol–water partition coefficient (Wildman–Crippen LogP) is 0.0379. The van der Waals surface area contributed by atoms with E-state index in [1.54, 1.807) is 0 Å². The Kier molecular flexibility index (Phi) is 3.94. The van der Waals surface area contributed by atoms with Gasteiger partial charge in [-0.2, -0.15) is 0 Å². The van der Waals surface area contributed by atoms with Crippen LogP contribution in [0.5, 0.6) is 0 Å². The third-order valence-electron chi connectivity index (χ3n) is 3.17. The maximum Gasteiger partial charge on any atom is 0.213 e. The number of aryl methyl sites for hydroxylation is 1. The summed E-state index contributed by atoms with van der Waals surface area (Å²) in [5.74, 6) is 0. The fourth-order valence-corrected chi connectivity index (χ4v) is 3.16. The van der Waals surface area contributed by atoms with Crippen molar-refractivity contribution in [3.63, 3.8) is 0 Å². The monoisotopic (exact) mass is 270 g/mol. The maximum absolute atomic E-state index is 11.4. The van der Waals surface area contributed by atoms with Crippen LogP contribution in [0.25, 0.3) is 0 Å². The van der Waals surface area contributed by atoms with E-state index < -0.39 is 15.3 Å². The van der Waals surface area contributed by atoms with Gasteiger partial charge in [-0.3, -0.25) is 4.90 Å². The topological polar surface area (TPSA) is 89.2 Å². The first-order valence-electron chi connectivity index (χ1n) is 5.96. The lowest BCUT2D eigenvalue weighted by molar-refractivity contribution is 0.220. The molecule has 18 heavy (non-hydrogen) atoms. The molecule has 0 saturated carbocycles. The van der Waals surface area contributed by atoms with Crippen molar-refractivity contribution in [1.82, 2.24) is 14.9 Å². The minimum absolute atomic E-state index is 0.450. The van der Waals surface area contributed by atoms with Gasteiger partial charge in [0.25, 0.3) is 0 Å². The Hall–Kier alpha value is -1.05. The summed E-state index contributed by atoms with van der Waals surface area (Å²) in [5, 5.41) is 4.76. The van der Waals surface area contributed by atoms with Crippen molar-refractivity contribution in [3.8, 4) is 0 Å². The van der Waals surface area contributed by atoms with E-state index >= 15 is 0 Å². The molecule has 0 aliphatic carbocycles. The number of sulfonamides is 1. The summed E-state index contributed by atoms with van der Waals surface area (Å²) in [6.07, 6.45) is 3.04. The number of nitrogens with zero attached hydrogens (tertiary/aromatic N) is 3. The number of piperidine rings is 1. The minimum atomic E-state index is -3.43. The van der Waals surface area contributed by atoms with E-state index in [4.69, 9.17) is 5.14 Å². The molecule has 100 valence electrons. The zero-order valence-corrected chi connectivity index (χ0v) is 11.2. The SMILES string of the molecule is Cc1cc(CN2CCCC(S(N)(=O)=O)C2)ncn1. The molecule has 0 radical (unpaired) electrons. The third-order valence-corrected chi connectivity index (χ3v) is 4.49. The Morgan fingerprint density at radius 1 is 1.50 bits per heavy atom. The van der Waals surface area contributed by atoms with Gasteiger partial charge in [-0.15, -0.1) is 0 Å². The van der Waals surface area contributed by atoms with Gasteiger partial charge in [-0.05, 0) is 32.4 Å². The number of aromatic nitrogens is 2. The highest BCUT2D eigenvalue weighted by Crippen LogP contribution is 2.17. The van der Waals surface area contributed by atoms with Crippen LogP contribution >= 0.6 is 0 Å². The predicted molar refractivity (Wildman–Crippen MR) is 68.2 cm³/mol. The van der Waals surface area contributed by atoms with Gasteiger partial charge >= 0.3 is 0 Å². The summed E-state index contributed by atoms with van der Waals surface area (Å²) < 4.78 is 22.7. The lowest BCUT2D eigenvalue weighted by Crippen LogP contribution is -2.44. The molecule has 0 aromatic carbocycles. The van der Waals surface area contributed by atoms with Crippen molar-refractivity contribution in [2.24, 2.45) is 5.14 Å². The molecule has 2 heterocycles. The molecule has 1 aromatic rings. The standard InChI is InChI=1S/C11H18N4O2S/c1-9-5-10(14-8-13-9)6-15-4-2-3-11(7-15)18(12,16)17/h5,8,11H,2-4,6-7H2,1H3,(H2,12,16,17). The Bertz CT molecular complexity index is 518. The second kappa shape index (κ2) is 5.29. The van der Waals surface area contributed by atoms with E-state index in [1.165, 1.54) is 6.33 Å². The van der Waals surface area contributed by atoms with Crippen LogP contribution in [-0.4, -0.2) is 41.6 Å². The first kappa shape index (κ1) is 13.4. The number of primary sulfonamides is 1. The van der Waals surface area contributed by atoms with Gasteiger partial charge in [-0.25, -0.2) is 23.5 Å². The van der Waals surface area contributed by atoms with Crippen molar-refractivity contribution in [2.45, 2.75) is 31.6 Å². The van der Waals surface area contributed by atoms with Gasteiger partial charge in [0.05, 0.1) is 10.9 Å². The molecule has 1 aromatic heterocycles. The summed E-state index contributed by atoms with van der Waals surface area (Å²) >= 11 is 0. The number of hydrogen-bond donors (Lipinski definition) is 1. The fraction of sp³-hybridized carbons (Fsp3) is 0.636. The molecule has 7 heteroatoms. The molecule has 1 aliphatic heterocycles. The number of nitrogens with two attached hydrogens (primary N) is 1. The average Bonchev–Trinajstić information content (AvgIpc) is 2.28. The first-order chi connectivity index (χ1) is 8.45. The fourth-order valence-electron chi connectivity index (χ4n) is 2.25. The zero-order chi connectivity index (χ0) is 13.2. The summed E-state index contributed by atoms with van der Waals surface area (Å²) in [4.78, 5) is 10.3. The molecule has 1 unspecified atom stereocenters. The third kappa shape index (κ3) is 3.47. The van der Waals surface area contributed by atoms with Crippen molar-refractivity contribution >= 4 is 10.0 Å². The second-order valence-corrected chi connectivity index (χ2v) is 6.58. The molecule has 1 aliphatic rings. The average molecular weight is 270 g/mol. The first-order valence-corrected chi connectivity index (χ1v) is 7.57. The van der Waals surface area contributed by atoms with E-state index in [0.717, 1.165) is 24.4 Å². The Labute approximate surface area is 107 Å². The van der Waals surface area contributed by atoms with Crippen molar-refractivity contribution in [2.75, 3.05) is 13.1 Å². The van der Waals surface area contributed by atoms with E-state index in [1.807, 2.05) is 13.0 Å². The van der Waals surface area contributed by atoms with Crippen LogP contribution in [0, 0.1) is 6.92 Å². The van der Waals surface area contributed by atoms with E-state index in [0.29, 0.717) is 19.5 Å². The van der Waals surface area contributed by atoms with Crippen LogP contribution in [0.15, 0.2) is 12.4 Å². The van der Waals surface area contributed by atoms with Crippen LogP contribution in [0.2, 0.25) is 0 Å². The molecular formula is C11H18N4O2S. The minimum Gasteiger partial charge on any atom is -0.296 e. The van der Waals surface area contributed by atoms with Crippen LogP contribution in [0.1, 0.15) is 24.2 Å². The maximum atomic E-state index is 11.4. The van der Waals surface area contributed by atoms with Crippen LogP contribution in [-0.2, 0) is 16.6 Å². The second-order valence-electron chi connectivity index (χ2n) is 4.74. The summed E-state index contributed by atoms with van der Waals surface area (Å²) in [6.45, 7) is 3.93. The van der Waals surface area contributed by atoms with Gasteiger partial charge in [0.2, 0.25) is 10.0 Å². The smallest absolute Gasteiger partial charge is 0.213 e. The van der Waals surface area contributed by atoms with Crippen molar-refractivity contribution < 1.29 is 8.42 Å². The molecule has 2 N–H and O–H groups in total. The molecule has 1 fully saturated rings. The largest absolute Gasteiger partial charge is 0.296 e. The zero-order valence-electron chi connectivity index (χ0n) is 10.4. The number of likely N-dealkylation sites (tertiary alicyclic amines) is 1. The lowest BCUT2D eigenvalue weighted by atomic mass is 10.1.